The zero-order chi connectivity index (χ0) is 46.4. The minimum atomic E-state index is -0.294. The van der Waals surface area contributed by atoms with Crippen LogP contribution in [0.25, 0.3) is 22.0 Å². The van der Waals surface area contributed by atoms with Gasteiger partial charge in [-0.25, -0.2) is 13.8 Å². The third-order valence-corrected chi connectivity index (χ3v) is 11.9. The van der Waals surface area contributed by atoms with Crippen molar-refractivity contribution < 1.29 is 27.8 Å². The van der Waals surface area contributed by atoms with Crippen LogP contribution in [0.3, 0.4) is 0 Å². The number of pyridine rings is 2. The Balaban J connectivity index is 0.000000205. The zero-order valence-corrected chi connectivity index (χ0v) is 38.8. The Morgan fingerprint density at radius 3 is 2.14 bits per heavy atom. The van der Waals surface area contributed by atoms with Crippen LogP contribution < -0.4 is 35.1 Å². The number of carbonyl (C=O) groups excluding carboxylic acids is 1. The van der Waals surface area contributed by atoms with Crippen LogP contribution in [-0.2, 0) is 17.9 Å². The van der Waals surface area contributed by atoms with Gasteiger partial charge in [0, 0.05) is 50.6 Å². The molecule has 2 aliphatic rings. The highest BCUT2D eigenvalue weighted by Crippen LogP contribution is 2.41. The zero-order valence-electron chi connectivity index (χ0n) is 38.8. The number of rotatable bonds is 16. The first-order valence-electron chi connectivity index (χ1n) is 23.3. The third kappa shape index (κ3) is 12.7. The Morgan fingerprint density at radius 2 is 1.47 bits per heavy atom. The van der Waals surface area contributed by atoms with E-state index >= 15 is 0 Å². The van der Waals surface area contributed by atoms with Gasteiger partial charge in [0.15, 0.2) is 11.6 Å². The van der Waals surface area contributed by atoms with Crippen LogP contribution in [0.5, 0.6) is 17.2 Å². The van der Waals surface area contributed by atoms with E-state index in [1.165, 1.54) is 25.1 Å². The van der Waals surface area contributed by atoms with Crippen molar-refractivity contribution in [3.05, 3.63) is 132 Å². The summed E-state index contributed by atoms with van der Waals surface area (Å²) in [6.07, 6.45) is 6.09. The number of aromatic nitrogens is 2. The molecular formula is C53H63F2N7O4. The summed E-state index contributed by atoms with van der Waals surface area (Å²) in [4.78, 5) is 25.5. The number of nitrogens with zero attached hydrogens (tertiary/aromatic N) is 4. The largest absolute Gasteiger partial charge is 0.493 e. The molecule has 3 N–H and O–H groups in total. The van der Waals surface area contributed by atoms with Crippen molar-refractivity contribution in [2.75, 3.05) is 61.5 Å². The van der Waals surface area contributed by atoms with Gasteiger partial charge in [-0.2, -0.15) is 0 Å². The molecule has 1 amide bonds. The van der Waals surface area contributed by atoms with Gasteiger partial charge in [-0.15, -0.1) is 0 Å². The van der Waals surface area contributed by atoms with Crippen molar-refractivity contribution in [2.24, 2.45) is 0 Å². The summed E-state index contributed by atoms with van der Waals surface area (Å²) >= 11 is 0. The third-order valence-electron chi connectivity index (χ3n) is 11.9. The molecule has 0 aliphatic carbocycles. The van der Waals surface area contributed by atoms with Gasteiger partial charge in [0.2, 0.25) is 5.91 Å². The van der Waals surface area contributed by atoms with E-state index in [-0.39, 0.29) is 17.5 Å². The summed E-state index contributed by atoms with van der Waals surface area (Å²) in [5.41, 5.74) is 7.79. The van der Waals surface area contributed by atoms with E-state index in [0.717, 1.165) is 109 Å². The average Bonchev–Trinajstić information content (AvgIpc) is 3.31. The Morgan fingerprint density at radius 1 is 0.803 bits per heavy atom. The van der Waals surface area contributed by atoms with Crippen LogP contribution in [-0.4, -0.2) is 78.9 Å². The van der Waals surface area contributed by atoms with Crippen LogP contribution in [0.4, 0.5) is 26.0 Å². The molecule has 0 bridgehead atoms. The standard InChI is InChI=1S/C30H37FN4O3.C23H26FN3O/c1-5-37-27-17-22(18-28(38-6-2)30(27)23-7-9-24(31)10-8-23)19-35(25-13-15-32-16-14-25)26-11-12-29(33-20(26)3)34-21(4)36;1-2-28-23-13-17(7-8-21(23)24)16-27-11-9-19(10-12-27)26-20-14-18-5-3-4-6-22(18)25-15-20/h7-12,17-18,25,32H,5-6,13-16,19H2,1-4H3,(H,33,34,36);3-8,13-15,19,26H,2,9-12,16H2,1H3. The lowest BCUT2D eigenvalue weighted by atomic mass is 9.98. The second kappa shape index (κ2) is 23.2. The number of nitrogens with one attached hydrogen (secondary N) is 3. The molecule has 0 radical (unpaired) electrons. The molecule has 2 fully saturated rings. The molecule has 0 unspecified atom stereocenters. The Labute approximate surface area is 387 Å². The van der Waals surface area contributed by atoms with E-state index in [0.29, 0.717) is 61.5 Å². The van der Waals surface area contributed by atoms with E-state index in [4.69, 9.17) is 14.2 Å². The summed E-state index contributed by atoms with van der Waals surface area (Å²) in [6, 6.07) is 30.7. The number of hydrogen-bond donors (Lipinski definition) is 3. The molecule has 2 aromatic heterocycles. The van der Waals surface area contributed by atoms with Crippen LogP contribution in [0, 0.1) is 18.6 Å². The SMILES string of the molecule is CCOc1cc(CN(c2ccc(NC(C)=O)nc2C)C2CCNCC2)cc(OCC)c1-c1ccc(F)cc1.CCOc1cc(CN2CCC(Nc3cnc4ccccc4c3)CC2)ccc1F. The first-order valence-corrected chi connectivity index (χ1v) is 23.3. The molecule has 0 spiro atoms. The monoisotopic (exact) mass is 899 g/mol. The highest BCUT2D eigenvalue weighted by atomic mass is 19.1. The van der Waals surface area contributed by atoms with Gasteiger partial charge in [0.25, 0.3) is 0 Å². The number of amides is 1. The van der Waals surface area contributed by atoms with Gasteiger partial charge in [-0.05, 0) is 144 Å². The van der Waals surface area contributed by atoms with Gasteiger partial charge in [-0.1, -0.05) is 36.4 Å². The number of benzene rings is 4. The number of piperidine rings is 2. The highest BCUT2D eigenvalue weighted by molar-refractivity contribution is 5.88. The molecule has 2 aliphatic heterocycles. The van der Waals surface area contributed by atoms with Crippen molar-refractivity contribution in [1.82, 2.24) is 20.2 Å². The van der Waals surface area contributed by atoms with Gasteiger partial charge in [-0.3, -0.25) is 14.7 Å². The fourth-order valence-electron chi connectivity index (χ4n) is 8.80. The van der Waals surface area contributed by atoms with Gasteiger partial charge < -0.3 is 35.1 Å². The molecule has 4 heterocycles. The average molecular weight is 900 g/mol. The molecular weight excluding hydrogens is 837 g/mol. The minimum absolute atomic E-state index is 0.145. The Bertz CT molecular complexity index is 2500. The lowest BCUT2D eigenvalue weighted by molar-refractivity contribution is -0.114. The quantitative estimate of drug-likeness (QED) is 0.0868. The lowest BCUT2D eigenvalue weighted by Gasteiger charge is -2.37. The van der Waals surface area contributed by atoms with Gasteiger partial charge in [0.05, 0.1) is 54.2 Å². The van der Waals surface area contributed by atoms with E-state index in [2.05, 4.69) is 60.0 Å². The van der Waals surface area contributed by atoms with Gasteiger partial charge in [0.1, 0.15) is 23.1 Å². The molecule has 4 aromatic carbocycles. The van der Waals surface area contributed by atoms with E-state index in [9.17, 15) is 13.6 Å². The maximum absolute atomic E-state index is 13.7. The number of likely N-dealkylation sites (tertiary alicyclic amines) is 1. The molecule has 8 rings (SSSR count). The molecule has 66 heavy (non-hydrogen) atoms. The first kappa shape index (κ1) is 47.6. The second-order valence-corrected chi connectivity index (χ2v) is 16.7. The number of carbonyl (C=O) groups is 1. The van der Waals surface area contributed by atoms with Gasteiger partial charge >= 0.3 is 0 Å². The number of ether oxygens (including phenoxy) is 3. The molecule has 13 heteroatoms. The number of anilines is 3. The number of aryl methyl sites for hydroxylation is 1. The van der Waals surface area contributed by atoms with E-state index in [1.807, 2.05) is 76.4 Å². The second-order valence-electron chi connectivity index (χ2n) is 16.7. The summed E-state index contributed by atoms with van der Waals surface area (Å²) < 4.78 is 45.0. The topological polar surface area (TPSA) is 113 Å². The van der Waals surface area contributed by atoms with Crippen molar-refractivity contribution in [1.29, 1.82) is 0 Å². The molecule has 348 valence electrons. The van der Waals surface area contributed by atoms with E-state index in [1.54, 1.807) is 12.1 Å². The first-order chi connectivity index (χ1) is 32.1. The fourth-order valence-corrected chi connectivity index (χ4v) is 8.80. The van der Waals surface area contributed by atoms with Crippen LogP contribution in [0.15, 0.2) is 103 Å². The summed E-state index contributed by atoms with van der Waals surface area (Å²) in [6.45, 7) is 16.1. The van der Waals surface area contributed by atoms with Crippen LogP contribution in [0.1, 0.15) is 70.2 Å². The number of hydrogen-bond acceptors (Lipinski definition) is 10. The predicted molar refractivity (Wildman–Crippen MR) is 261 cm³/mol. The normalized spacial score (nSPS) is 14.5. The number of fused-ring (bicyclic) bond motifs is 1. The number of halogens is 2. The Hall–Kier alpha value is -6.31. The summed E-state index contributed by atoms with van der Waals surface area (Å²) in [5.74, 6) is 1.59. The lowest BCUT2D eigenvalue weighted by Crippen LogP contribution is -2.43. The maximum atomic E-state index is 13.7. The molecule has 2 saturated heterocycles. The van der Waals surface area contributed by atoms with E-state index < -0.39 is 0 Å². The maximum Gasteiger partial charge on any atom is 0.222 e. The summed E-state index contributed by atoms with van der Waals surface area (Å²) in [7, 11) is 0. The Kier molecular flexibility index (Phi) is 16.8. The van der Waals surface area contributed by atoms with Crippen molar-refractivity contribution >= 4 is 34.0 Å². The highest BCUT2D eigenvalue weighted by Gasteiger charge is 2.26. The van der Waals surface area contributed by atoms with Crippen molar-refractivity contribution in [3.8, 4) is 28.4 Å². The summed E-state index contributed by atoms with van der Waals surface area (Å²) in [5, 5.41) is 11.0. The molecule has 0 atom stereocenters. The number of para-hydroxylation sites is 1. The van der Waals surface area contributed by atoms with Crippen LogP contribution in [0.2, 0.25) is 0 Å². The molecule has 6 aromatic rings. The van der Waals surface area contributed by atoms with Crippen molar-refractivity contribution in [3.63, 3.8) is 0 Å². The fraction of sp³-hybridized carbons (Fsp3) is 0.377. The predicted octanol–water partition coefficient (Wildman–Crippen LogP) is 10.6. The molecule has 0 saturated carbocycles. The minimum Gasteiger partial charge on any atom is -0.493 e. The smallest absolute Gasteiger partial charge is 0.222 e. The van der Waals surface area contributed by atoms with Crippen LogP contribution >= 0.6 is 0 Å². The molecule has 11 nitrogen and oxygen atoms in total. The van der Waals surface area contributed by atoms with Crippen molar-refractivity contribution in [2.45, 2.75) is 85.5 Å².